The highest BCUT2D eigenvalue weighted by Gasteiger charge is 2.51. The lowest BCUT2D eigenvalue weighted by atomic mass is 9.87. The number of rotatable bonds is 4. The maximum atomic E-state index is 13.4. The van der Waals surface area contributed by atoms with Crippen molar-refractivity contribution in [2.75, 3.05) is 16.8 Å². The lowest BCUT2D eigenvalue weighted by Gasteiger charge is -2.24. The largest absolute Gasteiger partial charge is 0.372 e. The van der Waals surface area contributed by atoms with Gasteiger partial charge in [-0.05, 0) is 49.6 Å². The number of aliphatic hydroxyl groups is 1. The maximum absolute atomic E-state index is 13.4. The standard InChI is InChI=1S/C25H24N2O3/c1-16-8-6-10-19(14-16)25(30)20-11-4-5-13-22(20)27(24(25)29)15-23(28)26-21-12-7-9-17(2)18(21)3/h4-14,30H,15H2,1-3H3,(H,26,28)/t25-/m0/s1. The molecule has 3 aromatic carbocycles. The molecule has 0 spiro atoms. The van der Waals surface area contributed by atoms with Gasteiger partial charge in [0, 0.05) is 11.3 Å². The fourth-order valence-corrected chi connectivity index (χ4v) is 3.96. The van der Waals surface area contributed by atoms with Crippen molar-refractivity contribution in [3.63, 3.8) is 0 Å². The summed E-state index contributed by atoms with van der Waals surface area (Å²) in [6.45, 7) is 5.65. The summed E-state index contributed by atoms with van der Waals surface area (Å²) in [4.78, 5) is 27.6. The van der Waals surface area contributed by atoms with E-state index in [9.17, 15) is 14.7 Å². The van der Waals surface area contributed by atoms with E-state index in [1.54, 1.807) is 36.4 Å². The number of fused-ring (bicyclic) bond motifs is 1. The summed E-state index contributed by atoms with van der Waals surface area (Å²) >= 11 is 0. The van der Waals surface area contributed by atoms with Crippen LogP contribution in [0.25, 0.3) is 0 Å². The summed E-state index contributed by atoms with van der Waals surface area (Å²) < 4.78 is 0. The summed E-state index contributed by atoms with van der Waals surface area (Å²) in [6.07, 6.45) is 0. The van der Waals surface area contributed by atoms with Crippen LogP contribution in [0.1, 0.15) is 27.8 Å². The Hall–Kier alpha value is -3.44. The molecule has 3 aromatic rings. The van der Waals surface area contributed by atoms with Crippen molar-refractivity contribution in [1.29, 1.82) is 0 Å². The van der Waals surface area contributed by atoms with Gasteiger partial charge in [0.15, 0.2) is 5.60 Å². The lowest BCUT2D eigenvalue weighted by molar-refractivity contribution is -0.133. The predicted octanol–water partition coefficient (Wildman–Crippen LogP) is 3.83. The molecule has 152 valence electrons. The van der Waals surface area contributed by atoms with E-state index in [-0.39, 0.29) is 12.5 Å². The van der Waals surface area contributed by atoms with Crippen LogP contribution in [0.15, 0.2) is 66.7 Å². The van der Waals surface area contributed by atoms with E-state index < -0.39 is 11.5 Å². The van der Waals surface area contributed by atoms with Gasteiger partial charge in [-0.2, -0.15) is 0 Å². The molecule has 4 rings (SSSR count). The van der Waals surface area contributed by atoms with E-state index in [1.165, 1.54) is 4.90 Å². The molecular formula is C25H24N2O3. The third-order valence-corrected chi connectivity index (χ3v) is 5.76. The Bertz CT molecular complexity index is 1150. The second-order valence-electron chi connectivity index (χ2n) is 7.78. The fraction of sp³-hybridized carbons (Fsp3) is 0.200. The monoisotopic (exact) mass is 400 g/mol. The van der Waals surface area contributed by atoms with E-state index in [0.717, 1.165) is 16.7 Å². The number of hydrogen-bond acceptors (Lipinski definition) is 3. The van der Waals surface area contributed by atoms with Crippen molar-refractivity contribution in [2.24, 2.45) is 0 Å². The summed E-state index contributed by atoms with van der Waals surface area (Å²) in [5.74, 6) is -0.842. The molecule has 0 saturated heterocycles. The van der Waals surface area contributed by atoms with Gasteiger partial charge in [0.2, 0.25) is 5.91 Å². The molecule has 0 aliphatic carbocycles. The van der Waals surface area contributed by atoms with Crippen molar-refractivity contribution < 1.29 is 14.7 Å². The summed E-state index contributed by atoms with van der Waals surface area (Å²) in [5.41, 5.74) is 3.42. The topological polar surface area (TPSA) is 69.6 Å². The fourth-order valence-electron chi connectivity index (χ4n) is 3.96. The smallest absolute Gasteiger partial charge is 0.268 e. The van der Waals surface area contributed by atoms with Crippen molar-refractivity contribution in [2.45, 2.75) is 26.4 Å². The minimum absolute atomic E-state index is 0.183. The minimum atomic E-state index is -1.82. The normalized spacial score (nSPS) is 17.7. The van der Waals surface area contributed by atoms with Gasteiger partial charge < -0.3 is 10.4 Å². The zero-order valence-corrected chi connectivity index (χ0v) is 17.3. The Morgan fingerprint density at radius 3 is 2.50 bits per heavy atom. The molecule has 0 saturated carbocycles. The van der Waals surface area contributed by atoms with Crippen LogP contribution in [-0.2, 0) is 15.2 Å². The van der Waals surface area contributed by atoms with Crippen molar-refractivity contribution >= 4 is 23.2 Å². The first-order valence-electron chi connectivity index (χ1n) is 9.89. The molecule has 5 nitrogen and oxygen atoms in total. The van der Waals surface area contributed by atoms with Crippen LogP contribution in [0.5, 0.6) is 0 Å². The maximum Gasteiger partial charge on any atom is 0.268 e. The molecule has 1 heterocycles. The zero-order chi connectivity index (χ0) is 21.5. The Labute approximate surface area is 176 Å². The first-order chi connectivity index (χ1) is 14.3. The third kappa shape index (κ3) is 3.17. The van der Waals surface area contributed by atoms with Gasteiger partial charge in [0.25, 0.3) is 5.91 Å². The summed E-state index contributed by atoms with van der Waals surface area (Å²) in [5, 5.41) is 14.4. The highest BCUT2D eigenvalue weighted by molar-refractivity contribution is 6.12. The summed E-state index contributed by atoms with van der Waals surface area (Å²) in [7, 11) is 0. The van der Waals surface area contributed by atoms with E-state index >= 15 is 0 Å². The van der Waals surface area contributed by atoms with Gasteiger partial charge >= 0.3 is 0 Å². The molecule has 0 bridgehead atoms. The molecule has 0 radical (unpaired) electrons. The Kier molecular flexibility index (Phi) is 4.92. The SMILES string of the molecule is Cc1cccc([C@@]2(O)C(=O)N(CC(=O)Nc3cccc(C)c3C)c3ccccc32)c1. The number of anilines is 2. The van der Waals surface area contributed by atoms with Gasteiger partial charge in [0.05, 0.1) is 5.69 Å². The van der Waals surface area contributed by atoms with Crippen molar-refractivity contribution in [1.82, 2.24) is 0 Å². The molecule has 5 heteroatoms. The van der Waals surface area contributed by atoms with Crippen LogP contribution in [0.4, 0.5) is 11.4 Å². The Morgan fingerprint density at radius 1 is 1.00 bits per heavy atom. The molecule has 30 heavy (non-hydrogen) atoms. The van der Waals surface area contributed by atoms with Crippen LogP contribution >= 0.6 is 0 Å². The summed E-state index contributed by atoms with van der Waals surface area (Å²) in [6, 6.07) is 20.0. The van der Waals surface area contributed by atoms with Gasteiger partial charge in [0.1, 0.15) is 6.54 Å². The third-order valence-electron chi connectivity index (χ3n) is 5.76. The van der Waals surface area contributed by atoms with Crippen LogP contribution in [0.2, 0.25) is 0 Å². The predicted molar refractivity (Wildman–Crippen MR) is 118 cm³/mol. The highest BCUT2D eigenvalue weighted by atomic mass is 16.3. The number of benzene rings is 3. The van der Waals surface area contributed by atoms with Gasteiger partial charge in [-0.25, -0.2) is 0 Å². The number of nitrogens with zero attached hydrogens (tertiary/aromatic N) is 1. The van der Waals surface area contributed by atoms with Crippen LogP contribution in [0, 0.1) is 20.8 Å². The molecule has 0 aromatic heterocycles. The van der Waals surface area contributed by atoms with Crippen molar-refractivity contribution in [3.05, 3.63) is 94.5 Å². The molecule has 2 amide bonds. The van der Waals surface area contributed by atoms with Crippen LogP contribution in [-0.4, -0.2) is 23.5 Å². The molecule has 1 aliphatic rings. The molecule has 1 atom stereocenters. The number of carbonyl (C=O) groups excluding carboxylic acids is 2. The number of para-hydroxylation sites is 1. The quantitative estimate of drug-likeness (QED) is 0.699. The Morgan fingerprint density at radius 2 is 1.73 bits per heavy atom. The number of hydrogen-bond donors (Lipinski definition) is 2. The molecular weight excluding hydrogens is 376 g/mol. The van der Waals surface area contributed by atoms with E-state index in [1.807, 2.05) is 51.1 Å². The Balaban J connectivity index is 1.67. The minimum Gasteiger partial charge on any atom is -0.372 e. The average molecular weight is 400 g/mol. The van der Waals surface area contributed by atoms with Crippen LogP contribution < -0.4 is 10.2 Å². The first kappa shape index (κ1) is 19.9. The van der Waals surface area contributed by atoms with E-state index in [0.29, 0.717) is 22.5 Å². The van der Waals surface area contributed by atoms with Crippen molar-refractivity contribution in [3.8, 4) is 0 Å². The van der Waals surface area contributed by atoms with E-state index in [2.05, 4.69) is 5.32 Å². The number of aryl methyl sites for hydroxylation is 2. The lowest BCUT2D eigenvalue weighted by Crippen LogP contribution is -2.44. The molecule has 0 unspecified atom stereocenters. The average Bonchev–Trinajstić information content (AvgIpc) is 2.94. The first-order valence-corrected chi connectivity index (χ1v) is 9.89. The molecule has 0 fully saturated rings. The molecule has 2 N–H and O–H groups in total. The molecule has 1 aliphatic heterocycles. The highest BCUT2D eigenvalue weighted by Crippen LogP contribution is 2.44. The van der Waals surface area contributed by atoms with Gasteiger partial charge in [-0.3, -0.25) is 14.5 Å². The van der Waals surface area contributed by atoms with Crippen LogP contribution in [0.3, 0.4) is 0 Å². The second-order valence-corrected chi connectivity index (χ2v) is 7.78. The van der Waals surface area contributed by atoms with Gasteiger partial charge in [-0.1, -0.05) is 60.2 Å². The number of carbonyl (C=O) groups is 2. The number of amides is 2. The van der Waals surface area contributed by atoms with Gasteiger partial charge in [-0.15, -0.1) is 0 Å². The second kappa shape index (κ2) is 7.43. The zero-order valence-electron chi connectivity index (χ0n) is 17.3. The number of nitrogens with one attached hydrogen (secondary N) is 1. The van der Waals surface area contributed by atoms with E-state index in [4.69, 9.17) is 0 Å².